The lowest BCUT2D eigenvalue weighted by Crippen LogP contribution is -2.24. The molecule has 0 unspecified atom stereocenters. The van der Waals surface area contributed by atoms with Gasteiger partial charge in [0.05, 0.1) is 19.6 Å². The largest absolute Gasteiger partial charge is 0.493 e. The molecule has 5 heteroatoms. The van der Waals surface area contributed by atoms with E-state index < -0.39 is 0 Å². The summed E-state index contributed by atoms with van der Waals surface area (Å²) in [6.07, 6.45) is 4.54. The van der Waals surface area contributed by atoms with E-state index in [-0.39, 0.29) is 5.91 Å². The number of nitrogens with one attached hydrogen (secondary N) is 1. The van der Waals surface area contributed by atoms with E-state index in [0.29, 0.717) is 37.3 Å². The van der Waals surface area contributed by atoms with Gasteiger partial charge < -0.3 is 14.8 Å². The molecule has 1 saturated carbocycles. The van der Waals surface area contributed by atoms with Gasteiger partial charge in [0.15, 0.2) is 0 Å². The van der Waals surface area contributed by atoms with E-state index in [4.69, 9.17) is 9.47 Å². The molecule has 1 amide bonds. The summed E-state index contributed by atoms with van der Waals surface area (Å²) < 4.78 is 11.3. The zero-order valence-corrected chi connectivity index (χ0v) is 16.1. The number of hydrogen-bond acceptors (Lipinski definition) is 4. The Hall–Kier alpha value is -2.56. The van der Waals surface area contributed by atoms with Crippen molar-refractivity contribution in [2.75, 3.05) is 13.2 Å². The predicted octanol–water partition coefficient (Wildman–Crippen LogP) is 4.08. The molecule has 1 heterocycles. The summed E-state index contributed by atoms with van der Waals surface area (Å²) in [5, 5.41) is 2.91. The number of hydrogen-bond donors (Lipinski definition) is 1. The van der Waals surface area contributed by atoms with Gasteiger partial charge in [-0.1, -0.05) is 26.0 Å². The maximum atomic E-state index is 12.0. The third kappa shape index (κ3) is 6.59. The summed E-state index contributed by atoms with van der Waals surface area (Å²) in [4.78, 5) is 16.2. The molecule has 0 radical (unpaired) electrons. The first kappa shape index (κ1) is 19.2. The van der Waals surface area contributed by atoms with Crippen molar-refractivity contribution in [1.29, 1.82) is 0 Å². The van der Waals surface area contributed by atoms with Crippen molar-refractivity contribution in [3.8, 4) is 11.6 Å². The van der Waals surface area contributed by atoms with Crippen LogP contribution in [0.15, 0.2) is 42.6 Å². The molecule has 0 spiro atoms. The van der Waals surface area contributed by atoms with Gasteiger partial charge in [0.2, 0.25) is 11.8 Å². The highest BCUT2D eigenvalue weighted by molar-refractivity contribution is 5.76. The number of carbonyl (C=O) groups excluding carboxylic acids is 1. The maximum Gasteiger partial charge on any atom is 0.223 e. The zero-order chi connectivity index (χ0) is 19.1. The zero-order valence-electron chi connectivity index (χ0n) is 16.1. The Kier molecular flexibility index (Phi) is 6.69. The summed E-state index contributed by atoms with van der Waals surface area (Å²) in [5.41, 5.74) is 2.26. The molecule has 2 aromatic rings. The summed E-state index contributed by atoms with van der Waals surface area (Å²) in [6, 6.07) is 11.8. The summed E-state index contributed by atoms with van der Waals surface area (Å²) in [7, 11) is 0. The molecule has 144 valence electrons. The lowest BCUT2D eigenvalue weighted by atomic mass is 10.0. The van der Waals surface area contributed by atoms with Crippen LogP contribution in [-0.2, 0) is 11.3 Å². The minimum Gasteiger partial charge on any atom is -0.493 e. The lowest BCUT2D eigenvalue weighted by molar-refractivity contribution is -0.121. The van der Waals surface area contributed by atoms with Crippen LogP contribution in [0.1, 0.15) is 50.2 Å². The number of amides is 1. The Morgan fingerprint density at radius 2 is 1.96 bits per heavy atom. The van der Waals surface area contributed by atoms with Crippen molar-refractivity contribution in [2.24, 2.45) is 5.92 Å². The SMILES string of the molecule is CC(C)c1ccc(OCCC(=O)NCc2ccnc(OCC3CC3)c2)cc1. The van der Waals surface area contributed by atoms with Crippen LogP contribution in [0, 0.1) is 5.92 Å². The summed E-state index contributed by atoms with van der Waals surface area (Å²) in [6.45, 7) is 5.87. The molecule has 1 N–H and O–H groups in total. The number of rotatable bonds is 10. The number of nitrogens with zero attached hydrogens (tertiary/aromatic N) is 1. The molecule has 1 aromatic heterocycles. The Balaban J connectivity index is 1.36. The van der Waals surface area contributed by atoms with Crippen LogP contribution in [0.25, 0.3) is 0 Å². The van der Waals surface area contributed by atoms with Crippen LogP contribution in [0.4, 0.5) is 0 Å². The standard InChI is InChI=1S/C22H28N2O3/c1-16(2)19-5-7-20(8-6-19)26-12-10-21(25)24-14-18-9-11-23-22(13-18)27-15-17-3-4-17/h5-9,11,13,16-17H,3-4,10,12,14-15H2,1-2H3,(H,24,25). The summed E-state index contributed by atoms with van der Waals surface area (Å²) in [5.74, 6) is 2.57. The van der Waals surface area contributed by atoms with Gasteiger partial charge in [-0.2, -0.15) is 0 Å². The van der Waals surface area contributed by atoms with Gasteiger partial charge in [-0.25, -0.2) is 4.98 Å². The van der Waals surface area contributed by atoms with Crippen molar-refractivity contribution in [2.45, 2.75) is 45.6 Å². The van der Waals surface area contributed by atoms with E-state index in [0.717, 1.165) is 17.9 Å². The van der Waals surface area contributed by atoms with E-state index in [1.165, 1.54) is 18.4 Å². The minimum absolute atomic E-state index is 0.0361. The second-order valence-corrected chi connectivity index (χ2v) is 7.36. The molecular weight excluding hydrogens is 340 g/mol. The Labute approximate surface area is 161 Å². The molecule has 1 aromatic carbocycles. The molecule has 27 heavy (non-hydrogen) atoms. The van der Waals surface area contributed by atoms with Crippen LogP contribution in [0.5, 0.6) is 11.6 Å². The lowest BCUT2D eigenvalue weighted by Gasteiger charge is -2.10. The van der Waals surface area contributed by atoms with Gasteiger partial charge in [-0.3, -0.25) is 4.79 Å². The monoisotopic (exact) mass is 368 g/mol. The molecule has 1 aliphatic rings. The van der Waals surface area contributed by atoms with Crippen molar-refractivity contribution in [3.63, 3.8) is 0 Å². The fourth-order valence-electron chi connectivity index (χ4n) is 2.63. The number of aromatic nitrogens is 1. The molecule has 0 aliphatic heterocycles. The molecule has 0 saturated heterocycles. The average Bonchev–Trinajstić information content (AvgIpc) is 3.50. The highest BCUT2D eigenvalue weighted by Gasteiger charge is 2.22. The van der Waals surface area contributed by atoms with Gasteiger partial charge in [0.25, 0.3) is 0 Å². The number of carbonyl (C=O) groups is 1. The third-order valence-electron chi connectivity index (χ3n) is 4.60. The van der Waals surface area contributed by atoms with E-state index >= 15 is 0 Å². The quantitative estimate of drug-likeness (QED) is 0.686. The first-order valence-electron chi connectivity index (χ1n) is 9.67. The van der Waals surface area contributed by atoms with Crippen LogP contribution in [-0.4, -0.2) is 24.1 Å². The first-order valence-corrected chi connectivity index (χ1v) is 9.67. The second-order valence-electron chi connectivity index (χ2n) is 7.36. The van der Waals surface area contributed by atoms with Crippen molar-refractivity contribution >= 4 is 5.91 Å². The van der Waals surface area contributed by atoms with Crippen molar-refractivity contribution in [1.82, 2.24) is 10.3 Å². The second kappa shape index (κ2) is 9.40. The average molecular weight is 368 g/mol. The van der Waals surface area contributed by atoms with Crippen molar-refractivity contribution in [3.05, 3.63) is 53.7 Å². The van der Waals surface area contributed by atoms with Gasteiger partial charge in [0, 0.05) is 18.8 Å². The van der Waals surface area contributed by atoms with Crippen LogP contribution >= 0.6 is 0 Å². The normalized spacial score (nSPS) is 13.4. The highest BCUT2D eigenvalue weighted by atomic mass is 16.5. The maximum absolute atomic E-state index is 12.0. The van der Waals surface area contributed by atoms with E-state index in [2.05, 4.69) is 36.3 Å². The molecule has 0 bridgehead atoms. The van der Waals surface area contributed by atoms with Gasteiger partial charge in [0.1, 0.15) is 5.75 Å². The topological polar surface area (TPSA) is 60.5 Å². The van der Waals surface area contributed by atoms with E-state index in [9.17, 15) is 4.79 Å². The Morgan fingerprint density at radius 3 is 2.67 bits per heavy atom. The molecule has 0 atom stereocenters. The van der Waals surface area contributed by atoms with Gasteiger partial charge >= 0.3 is 0 Å². The van der Waals surface area contributed by atoms with Gasteiger partial charge in [-0.05, 0) is 54.0 Å². The minimum atomic E-state index is -0.0361. The number of ether oxygens (including phenoxy) is 2. The predicted molar refractivity (Wildman–Crippen MR) is 105 cm³/mol. The van der Waals surface area contributed by atoms with Gasteiger partial charge in [-0.15, -0.1) is 0 Å². The molecule has 1 fully saturated rings. The molecule has 1 aliphatic carbocycles. The van der Waals surface area contributed by atoms with Crippen LogP contribution in [0.3, 0.4) is 0 Å². The third-order valence-corrected chi connectivity index (χ3v) is 4.60. The van der Waals surface area contributed by atoms with Crippen LogP contribution in [0.2, 0.25) is 0 Å². The summed E-state index contributed by atoms with van der Waals surface area (Å²) >= 11 is 0. The van der Waals surface area contributed by atoms with Crippen molar-refractivity contribution < 1.29 is 14.3 Å². The first-order chi connectivity index (χ1) is 13.1. The van der Waals surface area contributed by atoms with E-state index in [1.807, 2.05) is 24.3 Å². The Morgan fingerprint density at radius 1 is 1.19 bits per heavy atom. The fraction of sp³-hybridized carbons (Fsp3) is 0.455. The fourth-order valence-corrected chi connectivity index (χ4v) is 2.63. The molecular formula is C22H28N2O3. The highest BCUT2D eigenvalue weighted by Crippen LogP contribution is 2.29. The van der Waals surface area contributed by atoms with E-state index in [1.54, 1.807) is 6.20 Å². The van der Waals surface area contributed by atoms with Crippen LogP contribution < -0.4 is 14.8 Å². The molecule has 5 nitrogen and oxygen atoms in total. The number of pyridine rings is 1. The Bertz CT molecular complexity index is 739. The smallest absolute Gasteiger partial charge is 0.223 e. The molecule has 3 rings (SSSR count). The number of benzene rings is 1.